The van der Waals surface area contributed by atoms with Gasteiger partial charge in [-0.1, -0.05) is 0 Å². The molecule has 0 aromatic rings. The lowest BCUT2D eigenvalue weighted by Crippen LogP contribution is -2.30. The second kappa shape index (κ2) is 3.98. The fraction of sp³-hybridized carbons (Fsp3) is 1.00. The molecule has 0 aromatic heterocycles. The molecule has 2 nitrogen and oxygen atoms in total. The minimum Gasteiger partial charge on any atom is -0.381 e. The van der Waals surface area contributed by atoms with Crippen LogP contribution in [0.2, 0.25) is 0 Å². The van der Waals surface area contributed by atoms with Crippen molar-refractivity contribution < 1.29 is 13.5 Å². The van der Waals surface area contributed by atoms with Crippen LogP contribution in [-0.2, 0) is 4.74 Å². The summed E-state index contributed by atoms with van der Waals surface area (Å²) in [6.07, 6.45) is 2.19. The maximum Gasteiger partial charge on any atom is 0.246 e. The van der Waals surface area contributed by atoms with E-state index in [2.05, 4.69) is 4.90 Å². The number of likely N-dealkylation sites (tertiary alicyclic amines) is 1. The average Bonchev–Trinajstić information content (AvgIpc) is 2.73. The van der Waals surface area contributed by atoms with Gasteiger partial charge in [-0.3, -0.25) is 0 Å². The summed E-state index contributed by atoms with van der Waals surface area (Å²) in [6, 6.07) is 0. The van der Waals surface area contributed by atoms with Gasteiger partial charge in [0.1, 0.15) is 0 Å². The molecule has 1 spiro atoms. The molecule has 0 saturated carbocycles. The van der Waals surface area contributed by atoms with E-state index >= 15 is 0 Å². The van der Waals surface area contributed by atoms with Crippen molar-refractivity contribution >= 4 is 0 Å². The number of nitrogens with zero attached hydrogens (tertiary/aromatic N) is 1. The summed E-state index contributed by atoms with van der Waals surface area (Å²) >= 11 is 0. The zero-order chi connectivity index (χ0) is 10.9. The van der Waals surface area contributed by atoms with E-state index in [1.807, 2.05) is 0 Å². The van der Waals surface area contributed by atoms with Gasteiger partial charge in [0, 0.05) is 31.5 Å². The highest BCUT2D eigenvalue weighted by Crippen LogP contribution is 2.38. The summed E-state index contributed by atoms with van der Waals surface area (Å²) < 4.78 is 30.8. The Labute approximate surface area is 89.6 Å². The zero-order valence-electron chi connectivity index (χ0n) is 9.27. The summed E-state index contributed by atoms with van der Waals surface area (Å²) in [5.41, 5.74) is 0.295. The van der Waals surface area contributed by atoms with E-state index in [1.54, 1.807) is 0 Å². The minimum absolute atomic E-state index is 0.0239. The highest BCUT2D eigenvalue weighted by Gasteiger charge is 2.41. The van der Waals surface area contributed by atoms with Gasteiger partial charge < -0.3 is 9.64 Å². The molecule has 88 valence electrons. The van der Waals surface area contributed by atoms with E-state index in [-0.39, 0.29) is 6.42 Å². The quantitative estimate of drug-likeness (QED) is 0.721. The van der Waals surface area contributed by atoms with Gasteiger partial charge in [0.2, 0.25) is 5.92 Å². The molecule has 0 bridgehead atoms. The molecule has 2 heterocycles. The van der Waals surface area contributed by atoms with Crippen molar-refractivity contribution in [1.82, 2.24) is 4.90 Å². The SMILES string of the molecule is CC(F)(F)CCN1CCC2(CCOC2)C1. The summed E-state index contributed by atoms with van der Waals surface area (Å²) in [4.78, 5) is 2.16. The zero-order valence-corrected chi connectivity index (χ0v) is 9.27. The summed E-state index contributed by atoms with van der Waals surface area (Å²) in [5.74, 6) is -2.53. The molecule has 1 atom stereocenters. The molecule has 2 aliphatic rings. The molecule has 2 fully saturated rings. The van der Waals surface area contributed by atoms with Crippen molar-refractivity contribution in [3.8, 4) is 0 Å². The first kappa shape index (κ1) is 11.3. The standard InChI is InChI=1S/C11H19F2NO/c1-10(12,13)2-5-14-6-3-11(8-14)4-7-15-9-11/h2-9H2,1H3. The first-order chi connectivity index (χ1) is 6.99. The molecule has 1 unspecified atom stereocenters. The third-order valence-corrected chi connectivity index (χ3v) is 3.57. The highest BCUT2D eigenvalue weighted by atomic mass is 19.3. The molecule has 15 heavy (non-hydrogen) atoms. The topological polar surface area (TPSA) is 12.5 Å². The molecule has 4 heteroatoms. The number of halogens is 2. The predicted octanol–water partition coefficient (Wildman–Crippen LogP) is 2.14. The first-order valence-electron chi connectivity index (χ1n) is 5.67. The summed E-state index contributed by atoms with van der Waals surface area (Å²) in [6.45, 7) is 5.09. The van der Waals surface area contributed by atoms with Crippen LogP contribution in [0.25, 0.3) is 0 Å². The first-order valence-corrected chi connectivity index (χ1v) is 5.67. The van der Waals surface area contributed by atoms with Crippen molar-refractivity contribution in [2.45, 2.75) is 32.1 Å². The van der Waals surface area contributed by atoms with E-state index in [9.17, 15) is 8.78 Å². The van der Waals surface area contributed by atoms with E-state index in [1.165, 1.54) is 0 Å². The second-order valence-corrected chi connectivity index (χ2v) is 5.15. The maximum absolute atomic E-state index is 12.7. The molecule has 0 radical (unpaired) electrons. The van der Waals surface area contributed by atoms with Crippen LogP contribution in [0, 0.1) is 5.41 Å². The number of hydrogen-bond donors (Lipinski definition) is 0. The molecule has 2 aliphatic heterocycles. The molecule has 0 aliphatic carbocycles. The molecule has 0 amide bonds. The Morgan fingerprint density at radius 3 is 2.80 bits per heavy atom. The van der Waals surface area contributed by atoms with Crippen LogP contribution in [0.15, 0.2) is 0 Å². The fourth-order valence-corrected chi connectivity index (χ4v) is 2.54. The number of rotatable bonds is 3. The van der Waals surface area contributed by atoms with E-state index in [4.69, 9.17) is 4.74 Å². The number of ether oxygens (including phenoxy) is 1. The Morgan fingerprint density at radius 2 is 2.20 bits per heavy atom. The van der Waals surface area contributed by atoms with Crippen LogP contribution in [0.3, 0.4) is 0 Å². The smallest absolute Gasteiger partial charge is 0.246 e. The van der Waals surface area contributed by atoms with E-state index in [0.717, 1.165) is 46.1 Å². The lowest BCUT2D eigenvalue weighted by molar-refractivity contribution is 0.00412. The molecule has 0 N–H and O–H groups in total. The van der Waals surface area contributed by atoms with Gasteiger partial charge in [-0.2, -0.15) is 0 Å². The van der Waals surface area contributed by atoms with Crippen molar-refractivity contribution in [3.63, 3.8) is 0 Å². The van der Waals surface area contributed by atoms with Crippen molar-refractivity contribution in [1.29, 1.82) is 0 Å². The van der Waals surface area contributed by atoms with Gasteiger partial charge in [-0.15, -0.1) is 0 Å². The fourth-order valence-electron chi connectivity index (χ4n) is 2.54. The number of hydrogen-bond acceptors (Lipinski definition) is 2. The average molecular weight is 219 g/mol. The van der Waals surface area contributed by atoms with Crippen LogP contribution < -0.4 is 0 Å². The van der Waals surface area contributed by atoms with Gasteiger partial charge in [0.25, 0.3) is 0 Å². The van der Waals surface area contributed by atoms with Crippen molar-refractivity contribution in [2.75, 3.05) is 32.8 Å². The third kappa shape index (κ3) is 2.88. The van der Waals surface area contributed by atoms with Crippen LogP contribution >= 0.6 is 0 Å². The monoisotopic (exact) mass is 219 g/mol. The van der Waals surface area contributed by atoms with Gasteiger partial charge >= 0.3 is 0 Å². The molecule has 0 aromatic carbocycles. The molecule has 2 saturated heterocycles. The Balaban J connectivity index is 1.78. The molecular formula is C11H19F2NO. The van der Waals surface area contributed by atoms with Crippen LogP contribution in [-0.4, -0.2) is 43.7 Å². The van der Waals surface area contributed by atoms with Crippen LogP contribution in [0.1, 0.15) is 26.2 Å². The minimum atomic E-state index is -2.53. The summed E-state index contributed by atoms with van der Waals surface area (Å²) in [5, 5.41) is 0. The van der Waals surface area contributed by atoms with Gasteiger partial charge in [0.15, 0.2) is 0 Å². The van der Waals surface area contributed by atoms with Gasteiger partial charge in [0.05, 0.1) is 6.61 Å². The number of alkyl halides is 2. The predicted molar refractivity (Wildman–Crippen MR) is 54.2 cm³/mol. The van der Waals surface area contributed by atoms with Crippen LogP contribution in [0.5, 0.6) is 0 Å². The lowest BCUT2D eigenvalue weighted by Gasteiger charge is -2.22. The van der Waals surface area contributed by atoms with Crippen LogP contribution in [0.4, 0.5) is 8.78 Å². The third-order valence-electron chi connectivity index (χ3n) is 3.57. The highest BCUT2D eigenvalue weighted by molar-refractivity contribution is 4.92. The Bertz CT molecular complexity index is 221. The summed E-state index contributed by atoms with van der Waals surface area (Å²) in [7, 11) is 0. The Morgan fingerprint density at radius 1 is 1.40 bits per heavy atom. The van der Waals surface area contributed by atoms with E-state index in [0.29, 0.717) is 12.0 Å². The molecule has 2 rings (SSSR count). The Kier molecular flexibility index (Phi) is 2.99. The van der Waals surface area contributed by atoms with Crippen molar-refractivity contribution in [2.24, 2.45) is 5.41 Å². The van der Waals surface area contributed by atoms with E-state index < -0.39 is 5.92 Å². The Hall–Kier alpha value is -0.220. The second-order valence-electron chi connectivity index (χ2n) is 5.15. The normalized spacial score (nSPS) is 33.0. The van der Waals surface area contributed by atoms with Gasteiger partial charge in [-0.25, -0.2) is 8.78 Å². The largest absolute Gasteiger partial charge is 0.381 e. The molecular weight excluding hydrogens is 200 g/mol. The lowest BCUT2D eigenvalue weighted by atomic mass is 9.87. The van der Waals surface area contributed by atoms with Crippen molar-refractivity contribution in [3.05, 3.63) is 0 Å². The maximum atomic E-state index is 12.7. The van der Waals surface area contributed by atoms with Gasteiger partial charge in [-0.05, 0) is 26.3 Å².